The Kier molecular flexibility index (Phi) is 2.55. The summed E-state index contributed by atoms with van der Waals surface area (Å²) >= 11 is 0. The summed E-state index contributed by atoms with van der Waals surface area (Å²) in [6.07, 6.45) is 3.97. The molecule has 0 aromatic carbocycles. The number of hydrogen-bond donors (Lipinski definition) is 1. The molecule has 0 aliphatic heterocycles. The minimum Gasteiger partial charge on any atom is -0.478 e. The van der Waals surface area contributed by atoms with Crippen LogP contribution in [0, 0.1) is 0 Å². The van der Waals surface area contributed by atoms with E-state index in [0.717, 1.165) is 6.08 Å². The van der Waals surface area contributed by atoms with E-state index >= 15 is 0 Å². The molecule has 6 nitrogen and oxygen atoms in total. The third-order valence-corrected chi connectivity index (χ3v) is 2.03. The Balaban J connectivity index is 2.35. The van der Waals surface area contributed by atoms with Crippen molar-refractivity contribution in [3.63, 3.8) is 0 Å². The second-order valence-corrected chi connectivity index (χ2v) is 3.13. The lowest BCUT2D eigenvalue weighted by molar-refractivity contribution is -0.131. The Morgan fingerprint density at radius 3 is 3.00 bits per heavy atom. The second kappa shape index (κ2) is 4.01. The van der Waals surface area contributed by atoms with Crippen LogP contribution in [0.4, 0.5) is 0 Å². The van der Waals surface area contributed by atoms with E-state index in [4.69, 9.17) is 5.11 Å². The molecule has 2 heterocycles. The molecule has 0 amide bonds. The third-order valence-electron chi connectivity index (χ3n) is 2.03. The first-order chi connectivity index (χ1) is 7.68. The van der Waals surface area contributed by atoms with Gasteiger partial charge in [0.05, 0.1) is 6.54 Å². The van der Waals surface area contributed by atoms with E-state index in [1.54, 1.807) is 24.4 Å². The van der Waals surface area contributed by atoms with Crippen molar-refractivity contribution in [1.82, 2.24) is 14.2 Å². The Morgan fingerprint density at radius 1 is 1.50 bits per heavy atom. The van der Waals surface area contributed by atoms with Gasteiger partial charge in [0.1, 0.15) is 0 Å². The van der Waals surface area contributed by atoms with Gasteiger partial charge in [-0.2, -0.15) is 0 Å². The van der Waals surface area contributed by atoms with Gasteiger partial charge in [0.2, 0.25) is 0 Å². The standard InChI is InChI=1S/C10H9N3O3/c14-9(15)5-3-7-13-10(16)12-6-2-1-4-8(12)11-13/h1-6H,7H2,(H,14,15). The number of carboxylic acids is 1. The van der Waals surface area contributed by atoms with Gasteiger partial charge < -0.3 is 5.11 Å². The van der Waals surface area contributed by atoms with E-state index in [2.05, 4.69) is 5.10 Å². The molecule has 0 aliphatic carbocycles. The zero-order chi connectivity index (χ0) is 11.5. The highest BCUT2D eigenvalue weighted by molar-refractivity contribution is 5.79. The van der Waals surface area contributed by atoms with Gasteiger partial charge in [-0.3, -0.25) is 4.40 Å². The van der Waals surface area contributed by atoms with Crippen LogP contribution in [-0.4, -0.2) is 25.3 Å². The number of carboxylic acid groups (broad SMARTS) is 1. The summed E-state index contributed by atoms with van der Waals surface area (Å²) in [4.78, 5) is 21.9. The van der Waals surface area contributed by atoms with Gasteiger partial charge in [0.15, 0.2) is 5.65 Å². The lowest BCUT2D eigenvalue weighted by Gasteiger charge is -1.89. The van der Waals surface area contributed by atoms with Crippen LogP contribution >= 0.6 is 0 Å². The van der Waals surface area contributed by atoms with Gasteiger partial charge in [0, 0.05) is 12.3 Å². The second-order valence-electron chi connectivity index (χ2n) is 3.13. The summed E-state index contributed by atoms with van der Waals surface area (Å²) < 4.78 is 2.60. The maximum absolute atomic E-state index is 11.7. The van der Waals surface area contributed by atoms with Crippen molar-refractivity contribution < 1.29 is 9.90 Å². The fourth-order valence-electron chi connectivity index (χ4n) is 1.34. The van der Waals surface area contributed by atoms with E-state index < -0.39 is 5.97 Å². The Hall–Kier alpha value is -2.37. The number of aromatic nitrogens is 3. The monoisotopic (exact) mass is 219 g/mol. The molecule has 2 rings (SSSR count). The van der Waals surface area contributed by atoms with E-state index in [1.165, 1.54) is 15.2 Å². The lowest BCUT2D eigenvalue weighted by atomic mass is 10.5. The first-order valence-electron chi connectivity index (χ1n) is 4.62. The van der Waals surface area contributed by atoms with E-state index in [1.807, 2.05) is 0 Å². The fourth-order valence-corrected chi connectivity index (χ4v) is 1.34. The summed E-state index contributed by atoms with van der Waals surface area (Å²) in [5.74, 6) is -1.04. The summed E-state index contributed by atoms with van der Waals surface area (Å²) in [5.41, 5.74) is 0.252. The summed E-state index contributed by atoms with van der Waals surface area (Å²) in [7, 11) is 0. The van der Waals surface area contributed by atoms with Crippen LogP contribution in [0.1, 0.15) is 0 Å². The maximum Gasteiger partial charge on any atom is 0.350 e. The molecule has 2 aromatic rings. The SMILES string of the molecule is O=C(O)C=CCn1nc2ccccn2c1=O. The molecule has 82 valence electrons. The zero-order valence-electron chi connectivity index (χ0n) is 8.28. The molecule has 0 atom stereocenters. The lowest BCUT2D eigenvalue weighted by Crippen LogP contribution is -2.20. The van der Waals surface area contributed by atoms with Crippen LogP contribution in [0.15, 0.2) is 41.3 Å². The highest BCUT2D eigenvalue weighted by Crippen LogP contribution is 1.94. The number of allylic oxidation sites excluding steroid dienone is 1. The Morgan fingerprint density at radius 2 is 2.31 bits per heavy atom. The van der Waals surface area contributed by atoms with E-state index in [9.17, 15) is 9.59 Å². The van der Waals surface area contributed by atoms with Gasteiger partial charge in [0.25, 0.3) is 0 Å². The molecule has 0 radical (unpaired) electrons. The van der Waals surface area contributed by atoms with Crippen molar-refractivity contribution >= 4 is 11.6 Å². The molecule has 1 N–H and O–H groups in total. The molecule has 6 heteroatoms. The van der Waals surface area contributed by atoms with E-state index in [0.29, 0.717) is 5.65 Å². The van der Waals surface area contributed by atoms with Crippen LogP contribution in [0.25, 0.3) is 5.65 Å². The van der Waals surface area contributed by atoms with Crippen molar-refractivity contribution in [2.24, 2.45) is 0 Å². The predicted molar refractivity (Wildman–Crippen MR) is 56.2 cm³/mol. The number of nitrogens with zero attached hydrogens (tertiary/aromatic N) is 3. The maximum atomic E-state index is 11.7. The van der Waals surface area contributed by atoms with Gasteiger partial charge in [-0.25, -0.2) is 14.3 Å². The van der Waals surface area contributed by atoms with Crippen molar-refractivity contribution in [1.29, 1.82) is 0 Å². The van der Waals surface area contributed by atoms with E-state index in [-0.39, 0.29) is 12.2 Å². The number of pyridine rings is 1. The third kappa shape index (κ3) is 1.85. The smallest absolute Gasteiger partial charge is 0.350 e. The van der Waals surface area contributed by atoms with Crippen molar-refractivity contribution in [3.8, 4) is 0 Å². The van der Waals surface area contributed by atoms with Gasteiger partial charge in [-0.05, 0) is 12.1 Å². The quantitative estimate of drug-likeness (QED) is 0.745. The predicted octanol–water partition coefficient (Wildman–Crippen LogP) is 0.137. The molecule has 0 fully saturated rings. The van der Waals surface area contributed by atoms with Crippen molar-refractivity contribution in [2.75, 3.05) is 0 Å². The summed E-state index contributed by atoms with van der Waals surface area (Å²) in [6.45, 7) is 0.146. The molecule has 0 spiro atoms. The minimum absolute atomic E-state index is 0.146. The number of rotatable bonds is 3. The number of aliphatic carboxylic acids is 1. The first kappa shape index (κ1) is 10.2. The number of carbonyl (C=O) groups is 1. The highest BCUT2D eigenvalue weighted by Gasteiger charge is 2.03. The van der Waals surface area contributed by atoms with Gasteiger partial charge in [-0.15, -0.1) is 5.10 Å². The highest BCUT2D eigenvalue weighted by atomic mass is 16.4. The van der Waals surface area contributed by atoms with Crippen LogP contribution in [0.2, 0.25) is 0 Å². The minimum atomic E-state index is -1.04. The number of fused-ring (bicyclic) bond motifs is 1. The largest absolute Gasteiger partial charge is 0.478 e. The molecule has 0 aliphatic rings. The average Bonchev–Trinajstić information content (AvgIpc) is 2.56. The van der Waals surface area contributed by atoms with Crippen LogP contribution in [-0.2, 0) is 11.3 Å². The zero-order valence-corrected chi connectivity index (χ0v) is 8.28. The Bertz CT molecular complexity index is 609. The summed E-state index contributed by atoms with van der Waals surface area (Å²) in [5, 5.41) is 12.4. The van der Waals surface area contributed by atoms with Crippen molar-refractivity contribution in [2.45, 2.75) is 6.54 Å². The fraction of sp³-hybridized carbons (Fsp3) is 0.100. The average molecular weight is 219 g/mol. The van der Waals surface area contributed by atoms with Crippen LogP contribution in [0.3, 0.4) is 0 Å². The molecule has 0 saturated heterocycles. The van der Waals surface area contributed by atoms with Crippen LogP contribution in [0.5, 0.6) is 0 Å². The molecular weight excluding hydrogens is 210 g/mol. The molecule has 0 bridgehead atoms. The van der Waals surface area contributed by atoms with Crippen LogP contribution < -0.4 is 5.69 Å². The molecule has 16 heavy (non-hydrogen) atoms. The molecule has 0 saturated carbocycles. The number of hydrogen-bond acceptors (Lipinski definition) is 3. The summed E-state index contributed by atoms with van der Waals surface area (Å²) in [6, 6.07) is 5.21. The van der Waals surface area contributed by atoms with Gasteiger partial charge in [-0.1, -0.05) is 12.1 Å². The van der Waals surface area contributed by atoms with Gasteiger partial charge >= 0.3 is 11.7 Å². The van der Waals surface area contributed by atoms with Crippen molar-refractivity contribution in [3.05, 3.63) is 47.0 Å². The molecule has 0 unspecified atom stereocenters. The molecular formula is C10H9N3O3. The first-order valence-corrected chi connectivity index (χ1v) is 4.62. The Labute approximate surface area is 90.1 Å². The topological polar surface area (TPSA) is 76.6 Å². The molecule has 2 aromatic heterocycles. The normalized spacial score (nSPS) is 11.2.